The van der Waals surface area contributed by atoms with Crippen LogP contribution in [0.4, 0.5) is 5.69 Å². The van der Waals surface area contributed by atoms with Gasteiger partial charge in [-0.2, -0.15) is 0 Å². The molecule has 2 N–H and O–H groups in total. The van der Waals surface area contributed by atoms with Crippen molar-refractivity contribution in [3.05, 3.63) is 29.3 Å². The molecule has 0 unspecified atom stereocenters. The first-order chi connectivity index (χ1) is 10.5. The average Bonchev–Trinajstić information content (AvgIpc) is 3.09. The second-order valence-electron chi connectivity index (χ2n) is 6.13. The number of hydrogen-bond acceptors (Lipinski definition) is 3. The van der Waals surface area contributed by atoms with E-state index in [9.17, 15) is 14.7 Å². The van der Waals surface area contributed by atoms with Crippen LogP contribution in [-0.2, 0) is 20.7 Å². The van der Waals surface area contributed by atoms with E-state index in [2.05, 4.69) is 5.32 Å². The van der Waals surface area contributed by atoms with Gasteiger partial charge < -0.3 is 15.2 Å². The molecule has 0 radical (unpaired) electrons. The number of carbonyl (C=O) groups is 2. The van der Waals surface area contributed by atoms with Crippen molar-refractivity contribution in [2.45, 2.75) is 45.3 Å². The fourth-order valence-corrected chi connectivity index (χ4v) is 3.73. The molecule has 4 atom stereocenters. The van der Waals surface area contributed by atoms with Gasteiger partial charge in [0.05, 0.1) is 24.0 Å². The van der Waals surface area contributed by atoms with Crippen LogP contribution in [-0.4, -0.2) is 29.2 Å². The summed E-state index contributed by atoms with van der Waals surface area (Å²) in [5, 5.41) is 12.4. The number of carbonyl (C=O) groups excluding carboxylic acids is 1. The van der Waals surface area contributed by atoms with E-state index in [4.69, 9.17) is 4.74 Å². The number of aryl methyl sites for hydroxylation is 2. The maximum atomic E-state index is 12.7. The van der Waals surface area contributed by atoms with E-state index in [-0.39, 0.29) is 18.1 Å². The molecule has 118 valence electrons. The van der Waals surface area contributed by atoms with Crippen molar-refractivity contribution in [3.8, 4) is 0 Å². The first-order valence-electron chi connectivity index (χ1n) is 7.80. The van der Waals surface area contributed by atoms with Gasteiger partial charge in [0, 0.05) is 5.69 Å². The maximum Gasteiger partial charge on any atom is 0.310 e. The second-order valence-corrected chi connectivity index (χ2v) is 6.13. The summed E-state index contributed by atoms with van der Waals surface area (Å²) in [6.07, 6.45) is 1.73. The predicted molar refractivity (Wildman–Crippen MR) is 81.7 cm³/mol. The van der Waals surface area contributed by atoms with Crippen molar-refractivity contribution in [3.63, 3.8) is 0 Å². The standard InChI is InChI=1S/C17H21NO4/c1-3-10-6-4-5-9(2)15(10)18-16(19)13-11-7-8-12(22-11)14(13)17(20)21/h4-6,11-14H,3,7-8H2,1-2H3,(H,18,19)(H,20,21)/t11-,12-,13+,14-/m1/s1. The summed E-state index contributed by atoms with van der Waals surface area (Å²) in [7, 11) is 0. The molecule has 2 aliphatic heterocycles. The highest BCUT2D eigenvalue weighted by molar-refractivity contribution is 5.97. The first kappa shape index (κ1) is 15.0. The van der Waals surface area contributed by atoms with Gasteiger partial charge in [-0.3, -0.25) is 9.59 Å². The van der Waals surface area contributed by atoms with Crippen LogP contribution < -0.4 is 5.32 Å². The molecule has 1 aromatic carbocycles. The molecule has 2 bridgehead atoms. The number of nitrogens with one attached hydrogen (secondary N) is 1. The van der Waals surface area contributed by atoms with E-state index in [0.717, 1.165) is 36.1 Å². The minimum Gasteiger partial charge on any atom is -0.481 e. The second kappa shape index (κ2) is 5.72. The Morgan fingerprint density at radius 1 is 1.27 bits per heavy atom. The number of carboxylic acids is 1. The number of para-hydroxylation sites is 1. The van der Waals surface area contributed by atoms with Crippen LogP contribution in [0.1, 0.15) is 30.9 Å². The van der Waals surface area contributed by atoms with Crippen LogP contribution >= 0.6 is 0 Å². The van der Waals surface area contributed by atoms with Gasteiger partial charge in [0.1, 0.15) is 0 Å². The number of anilines is 1. The maximum absolute atomic E-state index is 12.7. The molecule has 5 heteroatoms. The highest BCUT2D eigenvalue weighted by Gasteiger charge is 2.55. The molecule has 2 heterocycles. The average molecular weight is 303 g/mol. The molecule has 2 saturated heterocycles. The van der Waals surface area contributed by atoms with Crippen LogP contribution in [0.3, 0.4) is 0 Å². The summed E-state index contributed by atoms with van der Waals surface area (Å²) in [5.74, 6) is -2.50. The summed E-state index contributed by atoms with van der Waals surface area (Å²) >= 11 is 0. The lowest BCUT2D eigenvalue weighted by Gasteiger charge is -2.24. The van der Waals surface area contributed by atoms with Gasteiger partial charge in [-0.1, -0.05) is 25.1 Å². The minimum atomic E-state index is -0.937. The topological polar surface area (TPSA) is 75.6 Å². The lowest BCUT2D eigenvalue weighted by molar-refractivity contribution is -0.147. The number of amides is 1. The van der Waals surface area contributed by atoms with E-state index in [0.29, 0.717) is 0 Å². The predicted octanol–water partition coefficient (Wildman–Crippen LogP) is 2.37. The molecule has 1 aromatic rings. The van der Waals surface area contributed by atoms with Crippen molar-refractivity contribution < 1.29 is 19.4 Å². The quantitative estimate of drug-likeness (QED) is 0.895. The van der Waals surface area contributed by atoms with Crippen molar-refractivity contribution in [1.82, 2.24) is 0 Å². The number of aliphatic carboxylic acids is 1. The van der Waals surface area contributed by atoms with E-state index in [1.807, 2.05) is 32.0 Å². The molecular formula is C17H21NO4. The van der Waals surface area contributed by atoms with Gasteiger partial charge >= 0.3 is 5.97 Å². The zero-order chi connectivity index (χ0) is 15.9. The Hall–Kier alpha value is -1.88. The Kier molecular flexibility index (Phi) is 3.91. The zero-order valence-electron chi connectivity index (χ0n) is 12.8. The molecule has 3 rings (SSSR count). The number of rotatable bonds is 4. The van der Waals surface area contributed by atoms with Crippen molar-refractivity contribution >= 4 is 17.6 Å². The summed E-state index contributed by atoms with van der Waals surface area (Å²) in [6, 6.07) is 5.89. The Bertz CT molecular complexity index is 613. The summed E-state index contributed by atoms with van der Waals surface area (Å²) in [6.45, 7) is 3.98. The third-order valence-corrected chi connectivity index (χ3v) is 4.85. The van der Waals surface area contributed by atoms with E-state index < -0.39 is 17.8 Å². The molecule has 1 amide bonds. The lowest BCUT2D eigenvalue weighted by Crippen LogP contribution is -2.41. The summed E-state index contributed by atoms with van der Waals surface area (Å²) < 4.78 is 5.66. The SMILES string of the molecule is CCc1cccc(C)c1NC(=O)[C@@H]1[C@H](C(=O)O)[C@H]2CC[C@H]1O2. The van der Waals surface area contributed by atoms with Gasteiger partial charge in [0.25, 0.3) is 0 Å². The van der Waals surface area contributed by atoms with Gasteiger partial charge in [-0.05, 0) is 37.3 Å². The highest BCUT2D eigenvalue weighted by atomic mass is 16.5. The fraction of sp³-hybridized carbons (Fsp3) is 0.529. The minimum absolute atomic E-state index is 0.233. The van der Waals surface area contributed by atoms with E-state index >= 15 is 0 Å². The van der Waals surface area contributed by atoms with Gasteiger partial charge in [0.15, 0.2) is 0 Å². The Labute approximate surface area is 129 Å². The number of benzene rings is 1. The van der Waals surface area contributed by atoms with Crippen molar-refractivity contribution in [2.24, 2.45) is 11.8 Å². The molecule has 0 saturated carbocycles. The Morgan fingerprint density at radius 3 is 2.59 bits per heavy atom. The van der Waals surface area contributed by atoms with Crippen LogP contribution in [0, 0.1) is 18.8 Å². The van der Waals surface area contributed by atoms with Crippen LogP contribution in [0.25, 0.3) is 0 Å². The molecule has 2 aliphatic rings. The number of ether oxygens (including phenoxy) is 1. The molecule has 2 fully saturated rings. The normalized spacial score (nSPS) is 29.5. The summed E-state index contributed by atoms with van der Waals surface area (Å²) in [4.78, 5) is 24.2. The molecular weight excluding hydrogens is 282 g/mol. The van der Waals surface area contributed by atoms with Gasteiger partial charge in [-0.25, -0.2) is 0 Å². The van der Waals surface area contributed by atoms with Gasteiger partial charge in [0.2, 0.25) is 5.91 Å². The first-order valence-corrected chi connectivity index (χ1v) is 7.80. The van der Waals surface area contributed by atoms with Crippen molar-refractivity contribution in [2.75, 3.05) is 5.32 Å². The monoisotopic (exact) mass is 303 g/mol. The third kappa shape index (κ3) is 2.39. The zero-order valence-corrected chi connectivity index (χ0v) is 12.8. The van der Waals surface area contributed by atoms with E-state index in [1.165, 1.54) is 0 Å². The highest BCUT2D eigenvalue weighted by Crippen LogP contribution is 2.44. The number of carboxylic acid groups (broad SMARTS) is 1. The largest absolute Gasteiger partial charge is 0.481 e. The molecule has 0 aliphatic carbocycles. The van der Waals surface area contributed by atoms with E-state index in [1.54, 1.807) is 0 Å². The fourth-order valence-electron chi connectivity index (χ4n) is 3.73. The molecule has 0 spiro atoms. The number of hydrogen-bond donors (Lipinski definition) is 2. The van der Waals surface area contributed by atoms with Crippen LogP contribution in [0.5, 0.6) is 0 Å². The smallest absolute Gasteiger partial charge is 0.310 e. The van der Waals surface area contributed by atoms with Crippen LogP contribution in [0.2, 0.25) is 0 Å². The molecule has 0 aromatic heterocycles. The summed E-state index contributed by atoms with van der Waals surface area (Å²) in [5.41, 5.74) is 2.86. The van der Waals surface area contributed by atoms with Crippen molar-refractivity contribution in [1.29, 1.82) is 0 Å². The third-order valence-electron chi connectivity index (χ3n) is 4.85. The lowest BCUT2D eigenvalue weighted by atomic mass is 9.78. The van der Waals surface area contributed by atoms with Crippen LogP contribution in [0.15, 0.2) is 18.2 Å². The Balaban J connectivity index is 1.84. The Morgan fingerprint density at radius 2 is 1.95 bits per heavy atom. The van der Waals surface area contributed by atoms with Gasteiger partial charge in [-0.15, -0.1) is 0 Å². The molecule has 22 heavy (non-hydrogen) atoms. The number of fused-ring (bicyclic) bond motifs is 2. The molecule has 5 nitrogen and oxygen atoms in total.